The van der Waals surface area contributed by atoms with E-state index in [2.05, 4.69) is 15.5 Å². The number of hydrogen-bond acceptors (Lipinski definition) is 4. The number of aromatic nitrogens is 4. The van der Waals surface area contributed by atoms with Crippen molar-refractivity contribution in [1.82, 2.24) is 25.1 Å². The zero-order valence-corrected chi connectivity index (χ0v) is 13.8. The number of likely N-dealkylation sites (tertiary alicyclic amines) is 1. The molecule has 1 aliphatic heterocycles. The highest BCUT2D eigenvalue weighted by Gasteiger charge is 2.29. The summed E-state index contributed by atoms with van der Waals surface area (Å²) in [5.74, 6) is 1.03. The summed E-state index contributed by atoms with van der Waals surface area (Å²) in [5, 5.41) is 12.2. The number of hydrogen-bond donors (Lipinski definition) is 0. The molecule has 6 heteroatoms. The van der Waals surface area contributed by atoms with Gasteiger partial charge in [0.2, 0.25) is 0 Å². The Hall–Kier alpha value is -3.02. The van der Waals surface area contributed by atoms with Crippen LogP contribution in [0.15, 0.2) is 60.7 Å². The molecule has 1 fully saturated rings. The third-order valence-corrected chi connectivity index (χ3v) is 4.59. The number of rotatable bonds is 3. The van der Waals surface area contributed by atoms with Crippen LogP contribution in [-0.4, -0.2) is 44.1 Å². The van der Waals surface area contributed by atoms with Crippen molar-refractivity contribution in [3.05, 3.63) is 72.1 Å². The van der Waals surface area contributed by atoms with E-state index in [4.69, 9.17) is 0 Å². The number of nitrogens with zero attached hydrogens (tertiary/aromatic N) is 5. The molecule has 126 valence electrons. The Morgan fingerprint density at radius 2 is 1.72 bits per heavy atom. The first-order valence-electron chi connectivity index (χ1n) is 8.51. The quantitative estimate of drug-likeness (QED) is 0.739. The molecule has 0 spiro atoms. The van der Waals surface area contributed by atoms with Crippen LogP contribution in [0.4, 0.5) is 0 Å². The second-order valence-electron chi connectivity index (χ2n) is 6.24. The van der Waals surface area contributed by atoms with Crippen molar-refractivity contribution >= 4 is 5.91 Å². The van der Waals surface area contributed by atoms with Gasteiger partial charge in [0, 0.05) is 24.6 Å². The van der Waals surface area contributed by atoms with Crippen LogP contribution in [0.1, 0.15) is 34.9 Å². The van der Waals surface area contributed by atoms with Crippen LogP contribution in [0.3, 0.4) is 0 Å². The van der Waals surface area contributed by atoms with Gasteiger partial charge in [0.05, 0.1) is 5.69 Å². The van der Waals surface area contributed by atoms with Gasteiger partial charge in [-0.25, -0.2) is 0 Å². The SMILES string of the molecule is O=C(c1ccccc1)N1CCCC(c2nnnn2-c2ccccc2)C1. The minimum absolute atomic E-state index is 0.0732. The second-order valence-corrected chi connectivity index (χ2v) is 6.24. The molecule has 1 aliphatic rings. The monoisotopic (exact) mass is 333 g/mol. The Balaban J connectivity index is 1.57. The molecule has 1 atom stereocenters. The summed E-state index contributed by atoms with van der Waals surface area (Å²) in [7, 11) is 0. The maximum Gasteiger partial charge on any atom is 0.253 e. The molecular weight excluding hydrogens is 314 g/mol. The first kappa shape index (κ1) is 15.5. The highest BCUT2D eigenvalue weighted by Crippen LogP contribution is 2.27. The third kappa shape index (κ3) is 3.15. The van der Waals surface area contributed by atoms with Crippen molar-refractivity contribution in [2.45, 2.75) is 18.8 Å². The van der Waals surface area contributed by atoms with Crippen LogP contribution >= 0.6 is 0 Å². The van der Waals surface area contributed by atoms with Crippen molar-refractivity contribution in [2.75, 3.05) is 13.1 Å². The summed E-state index contributed by atoms with van der Waals surface area (Å²) in [6, 6.07) is 19.3. The van der Waals surface area contributed by atoms with Gasteiger partial charge in [-0.3, -0.25) is 4.79 Å². The van der Waals surface area contributed by atoms with Gasteiger partial charge in [0.15, 0.2) is 5.82 Å². The fraction of sp³-hybridized carbons (Fsp3) is 0.263. The standard InChI is InChI=1S/C19H19N5O/c25-19(15-8-3-1-4-9-15)23-13-7-10-16(14-23)18-20-21-22-24(18)17-11-5-2-6-12-17/h1-6,8-9,11-12,16H,7,10,13-14H2. The molecular formula is C19H19N5O. The van der Waals surface area contributed by atoms with Gasteiger partial charge in [0.25, 0.3) is 5.91 Å². The Kier molecular flexibility index (Phi) is 4.24. The van der Waals surface area contributed by atoms with E-state index in [1.165, 1.54) is 0 Å². The van der Waals surface area contributed by atoms with E-state index in [1.807, 2.05) is 65.6 Å². The number of tetrazole rings is 1. The number of carbonyl (C=O) groups excluding carboxylic acids is 1. The Morgan fingerprint density at radius 1 is 1.00 bits per heavy atom. The van der Waals surface area contributed by atoms with E-state index in [0.717, 1.165) is 36.5 Å². The van der Waals surface area contributed by atoms with Crippen molar-refractivity contribution in [3.63, 3.8) is 0 Å². The summed E-state index contributed by atoms with van der Waals surface area (Å²) < 4.78 is 1.78. The van der Waals surface area contributed by atoms with Gasteiger partial charge >= 0.3 is 0 Å². The number of piperidine rings is 1. The number of benzene rings is 2. The Labute approximate surface area is 146 Å². The number of para-hydroxylation sites is 1. The maximum atomic E-state index is 12.7. The highest BCUT2D eigenvalue weighted by atomic mass is 16.2. The smallest absolute Gasteiger partial charge is 0.253 e. The Morgan fingerprint density at radius 3 is 2.48 bits per heavy atom. The Bertz CT molecular complexity index is 847. The van der Waals surface area contributed by atoms with Crippen molar-refractivity contribution in [1.29, 1.82) is 0 Å². The van der Waals surface area contributed by atoms with Crippen molar-refractivity contribution < 1.29 is 4.79 Å². The normalized spacial score (nSPS) is 17.4. The van der Waals surface area contributed by atoms with Crippen LogP contribution < -0.4 is 0 Å². The van der Waals surface area contributed by atoms with E-state index >= 15 is 0 Å². The molecule has 25 heavy (non-hydrogen) atoms. The first-order chi connectivity index (χ1) is 12.3. The van der Waals surface area contributed by atoms with Gasteiger partial charge in [-0.05, 0) is 47.5 Å². The van der Waals surface area contributed by atoms with E-state index in [0.29, 0.717) is 6.54 Å². The fourth-order valence-corrected chi connectivity index (χ4v) is 3.34. The molecule has 0 bridgehead atoms. The zero-order valence-electron chi connectivity index (χ0n) is 13.8. The maximum absolute atomic E-state index is 12.7. The summed E-state index contributed by atoms with van der Waals surface area (Å²) in [5.41, 5.74) is 1.67. The van der Waals surface area contributed by atoms with Gasteiger partial charge in [-0.15, -0.1) is 5.10 Å². The summed E-state index contributed by atoms with van der Waals surface area (Å²) in [6.07, 6.45) is 1.93. The molecule has 1 aromatic heterocycles. The molecule has 4 rings (SSSR count). The average molecular weight is 333 g/mol. The van der Waals surface area contributed by atoms with Crippen LogP contribution in [-0.2, 0) is 0 Å². The first-order valence-corrected chi connectivity index (χ1v) is 8.51. The lowest BCUT2D eigenvalue weighted by molar-refractivity contribution is 0.0703. The zero-order chi connectivity index (χ0) is 17.1. The minimum atomic E-state index is 0.0732. The van der Waals surface area contributed by atoms with Crippen molar-refractivity contribution in [2.24, 2.45) is 0 Å². The van der Waals surface area contributed by atoms with E-state index in [9.17, 15) is 4.79 Å². The summed E-state index contributed by atoms with van der Waals surface area (Å²) >= 11 is 0. The number of carbonyl (C=O) groups is 1. The molecule has 2 aromatic carbocycles. The fourth-order valence-electron chi connectivity index (χ4n) is 3.34. The van der Waals surface area contributed by atoms with Crippen LogP contribution in [0.25, 0.3) is 5.69 Å². The van der Waals surface area contributed by atoms with Crippen LogP contribution in [0, 0.1) is 0 Å². The molecule has 6 nitrogen and oxygen atoms in total. The highest BCUT2D eigenvalue weighted by molar-refractivity contribution is 5.94. The molecule has 0 radical (unpaired) electrons. The van der Waals surface area contributed by atoms with Gasteiger partial charge < -0.3 is 4.90 Å². The topological polar surface area (TPSA) is 63.9 Å². The number of amides is 1. The van der Waals surface area contributed by atoms with Crippen LogP contribution in [0.5, 0.6) is 0 Å². The molecule has 1 amide bonds. The van der Waals surface area contributed by atoms with E-state index in [1.54, 1.807) is 4.68 Å². The third-order valence-electron chi connectivity index (χ3n) is 4.59. The lowest BCUT2D eigenvalue weighted by atomic mass is 9.96. The van der Waals surface area contributed by atoms with E-state index in [-0.39, 0.29) is 11.8 Å². The molecule has 0 saturated carbocycles. The van der Waals surface area contributed by atoms with Crippen molar-refractivity contribution in [3.8, 4) is 5.69 Å². The second kappa shape index (κ2) is 6.84. The predicted molar refractivity (Wildman–Crippen MR) is 93.5 cm³/mol. The summed E-state index contributed by atoms with van der Waals surface area (Å²) in [6.45, 7) is 1.41. The summed E-state index contributed by atoms with van der Waals surface area (Å²) in [4.78, 5) is 14.6. The van der Waals surface area contributed by atoms with E-state index < -0.39 is 0 Å². The lowest BCUT2D eigenvalue weighted by Crippen LogP contribution is -2.39. The molecule has 3 aromatic rings. The largest absolute Gasteiger partial charge is 0.338 e. The molecule has 1 unspecified atom stereocenters. The molecule has 1 saturated heterocycles. The van der Waals surface area contributed by atoms with Gasteiger partial charge in [-0.1, -0.05) is 36.4 Å². The molecule has 0 aliphatic carbocycles. The minimum Gasteiger partial charge on any atom is -0.338 e. The molecule has 0 N–H and O–H groups in total. The predicted octanol–water partition coefficient (Wildman–Crippen LogP) is 2.68. The lowest BCUT2D eigenvalue weighted by Gasteiger charge is -2.32. The molecule has 2 heterocycles. The van der Waals surface area contributed by atoms with Gasteiger partial charge in [-0.2, -0.15) is 4.68 Å². The van der Waals surface area contributed by atoms with Crippen LogP contribution in [0.2, 0.25) is 0 Å². The van der Waals surface area contributed by atoms with Gasteiger partial charge in [0.1, 0.15) is 0 Å². The average Bonchev–Trinajstić information content (AvgIpc) is 3.19.